The summed E-state index contributed by atoms with van der Waals surface area (Å²) in [4.78, 5) is 65.1. The van der Waals surface area contributed by atoms with Crippen molar-refractivity contribution in [3.63, 3.8) is 0 Å². The van der Waals surface area contributed by atoms with Crippen LogP contribution in [0.5, 0.6) is 0 Å². The standard InChI is InChI=1S/2Na.H5O10P3.H3O4P/c;;1-11(2,3)9-13(7,8)10-12(4,5)6;1-5(2,3)4/h;;(H,7,8)(H2,1,2,3)(H2,4,5,6);(H3,1,2,3,4)/q2*+1;;/p-2. The molecule has 0 radical (unpaired) electrons. The van der Waals surface area contributed by atoms with Gasteiger partial charge in [0.15, 0.2) is 0 Å². The van der Waals surface area contributed by atoms with E-state index >= 15 is 0 Å². The second-order valence-electron chi connectivity index (χ2n) is 2.08. The van der Waals surface area contributed by atoms with Crippen LogP contribution in [0.2, 0.25) is 0 Å². The van der Waals surface area contributed by atoms with Crippen LogP contribution in [0.1, 0.15) is 0 Å². The Balaban J connectivity index is -0.000000158. The van der Waals surface area contributed by atoms with Gasteiger partial charge in [-0.2, -0.15) is 4.31 Å². The van der Waals surface area contributed by atoms with Crippen LogP contribution < -0.4 is 68.9 Å². The first kappa shape index (κ1) is 30.4. The summed E-state index contributed by atoms with van der Waals surface area (Å²) < 4.78 is 44.6. The van der Waals surface area contributed by atoms with E-state index in [2.05, 4.69) is 8.62 Å². The first-order valence-corrected chi connectivity index (χ1v) is 9.08. The first-order chi connectivity index (χ1) is 7.41. The topological polar surface area (TPSA) is 254 Å². The molecule has 1 atom stereocenters. The summed E-state index contributed by atoms with van der Waals surface area (Å²) in [5, 5.41) is 0. The molecular formula is H6Na2O14P4. The van der Waals surface area contributed by atoms with Gasteiger partial charge in [-0.05, 0) is 0 Å². The van der Waals surface area contributed by atoms with E-state index in [0.29, 0.717) is 0 Å². The first-order valence-electron chi connectivity index (χ1n) is 3.03. The molecule has 0 saturated heterocycles. The van der Waals surface area contributed by atoms with Gasteiger partial charge < -0.3 is 43.7 Å². The second-order valence-corrected chi connectivity index (χ2v) is 7.23. The fourth-order valence-electron chi connectivity index (χ4n) is 0.276. The Kier molecular flexibility index (Phi) is 16.9. The molecule has 0 aromatic carbocycles. The van der Waals surface area contributed by atoms with Crippen molar-refractivity contribution in [2.24, 2.45) is 0 Å². The molecule has 0 aromatic rings. The van der Waals surface area contributed by atoms with E-state index in [0.717, 1.165) is 0 Å². The fourth-order valence-corrected chi connectivity index (χ4v) is 2.75. The van der Waals surface area contributed by atoms with Crippen molar-refractivity contribution in [1.82, 2.24) is 0 Å². The van der Waals surface area contributed by atoms with Gasteiger partial charge in [-0.3, -0.25) is 4.31 Å². The van der Waals surface area contributed by atoms with E-state index in [1.807, 2.05) is 0 Å². The van der Waals surface area contributed by atoms with E-state index in [1.54, 1.807) is 0 Å². The molecule has 0 heterocycles. The number of phosphoric acid groups is 4. The molecule has 20 heavy (non-hydrogen) atoms. The van der Waals surface area contributed by atoms with Crippen molar-refractivity contribution in [2.75, 3.05) is 0 Å². The maximum Gasteiger partial charge on any atom is 1.00 e. The van der Waals surface area contributed by atoms with Gasteiger partial charge in [-0.25, -0.2) is 13.7 Å². The third-order valence-corrected chi connectivity index (χ3v) is 3.71. The molecule has 0 spiro atoms. The molecule has 0 aliphatic heterocycles. The minimum Gasteiger partial charge on any atom is -0.789 e. The molecule has 0 saturated carbocycles. The van der Waals surface area contributed by atoms with E-state index in [9.17, 15) is 23.5 Å². The van der Waals surface area contributed by atoms with Gasteiger partial charge in [0.05, 0.1) is 7.82 Å². The van der Waals surface area contributed by atoms with Crippen LogP contribution >= 0.6 is 31.3 Å². The predicted octanol–water partition coefficient (Wildman–Crippen LogP) is -8.88. The number of hydrogen-bond acceptors (Lipinski definition) is 8. The van der Waals surface area contributed by atoms with Crippen molar-refractivity contribution in [1.29, 1.82) is 0 Å². The van der Waals surface area contributed by atoms with Crippen LogP contribution in [0.4, 0.5) is 0 Å². The third-order valence-electron chi connectivity index (χ3n) is 0.413. The molecule has 0 fully saturated rings. The fraction of sp³-hybridized carbons (Fsp3) is 0. The van der Waals surface area contributed by atoms with Gasteiger partial charge in [-0.1, -0.05) is 0 Å². The molecule has 0 rings (SSSR count). The summed E-state index contributed by atoms with van der Waals surface area (Å²) in [5.41, 5.74) is 0. The van der Waals surface area contributed by atoms with Crippen LogP contribution in [0.25, 0.3) is 0 Å². The Labute approximate surface area is 155 Å². The van der Waals surface area contributed by atoms with Gasteiger partial charge in [-0.15, -0.1) is 0 Å². The maximum absolute atomic E-state index is 10.3. The molecule has 20 heteroatoms. The summed E-state index contributed by atoms with van der Waals surface area (Å²) in [5.74, 6) is 0. The summed E-state index contributed by atoms with van der Waals surface area (Å²) in [6.07, 6.45) is 0. The largest absolute Gasteiger partial charge is 1.00 e. The third kappa shape index (κ3) is 37.1. The van der Waals surface area contributed by atoms with Crippen molar-refractivity contribution in [3.05, 3.63) is 0 Å². The van der Waals surface area contributed by atoms with Gasteiger partial charge in [0.2, 0.25) is 0 Å². The van der Waals surface area contributed by atoms with Crippen molar-refractivity contribution < 1.29 is 125 Å². The van der Waals surface area contributed by atoms with Gasteiger partial charge in [0.25, 0.3) is 0 Å². The van der Waals surface area contributed by atoms with Crippen molar-refractivity contribution in [3.8, 4) is 0 Å². The molecule has 1 unspecified atom stereocenters. The quantitative estimate of drug-likeness (QED) is 0.189. The zero-order valence-corrected chi connectivity index (χ0v) is 17.3. The van der Waals surface area contributed by atoms with Crippen molar-refractivity contribution >= 4 is 31.3 Å². The smallest absolute Gasteiger partial charge is 0.789 e. The summed E-state index contributed by atoms with van der Waals surface area (Å²) in [6, 6.07) is 0. The Morgan fingerprint density at radius 2 is 0.950 bits per heavy atom. The van der Waals surface area contributed by atoms with Crippen LogP contribution in [0.15, 0.2) is 0 Å². The normalized spacial score (nSPS) is 14.8. The molecule has 0 aromatic heterocycles. The zero-order chi connectivity index (χ0) is 15.4. The Morgan fingerprint density at radius 1 is 0.700 bits per heavy atom. The molecule has 112 valence electrons. The molecule has 0 bridgehead atoms. The minimum atomic E-state index is -5.85. The SMILES string of the molecule is O=P(O)(O)O.O=P([O-])([O-])OP(=O)(O)OP(=O)(O)O.[Na+].[Na+]. The van der Waals surface area contributed by atoms with E-state index in [1.165, 1.54) is 0 Å². The van der Waals surface area contributed by atoms with Gasteiger partial charge in [0.1, 0.15) is 0 Å². The molecule has 0 amide bonds. The van der Waals surface area contributed by atoms with Crippen LogP contribution in [-0.2, 0) is 26.9 Å². The Bertz CT molecular complexity index is 398. The molecule has 0 aliphatic rings. The summed E-state index contributed by atoms with van der Waals surface area (Å²) in [7, 11) is -21.5. The summed E-state index contributed by atoms with van der Waals surface area (Å²) in [6.45, 7) is 0. The predicted molar refractivity (Wildman–Crippen MR) is 45.9 cm³/mol. The van der Waals surface area contributed by atoms with Gasteiger partial charge in [0, 0.05) is 0 Å². The van der Waals surface area contributed by atoms with Crippen LogP contribution in [0.3, 0.4) is 0 Å². The average molecular weight is 400 g/mol. The molecule has 0 aliphatic carbocycles. The van der Waals surface area contributed by atoms with E-state index in [-0.39, 0.29) is 59.1 Å². The number of rotatable bonds is 4. The Hall–Kier alpha value is 2.52. The van der Waals surface area contributed by atoms with Crippen LogP contribution in [-0.4, -0.2) is 29.4 Å². The molecular weight excluding hydrogens is 394 g/mol. The van der Waals surface area contributed by atoms with Crippen molar-refractivity contribution in [2.45, 2.75) is 0 Å². The Morgan fingerprint density at radius 3 is 1.10 bits per heavy atom. The molecule has 14 nitrogen and oxygen atoms in total. The second kappa shape index (κ2) is 11.1. The maximum atomic E-state index is 10.3. The average Bonchev–Trinajstić information content (AvgIpc) is 1.64. The summed E-state index contributed by atoms with van der Waals surface area (Å²) >= 11 is 0. The van der Waals surface area contributed by atoms with Crippen LogP contribution in [0, 0.1) is 0 Å². The van der Waals surface area contributed by atoms with E-state index < -0.39 is 31.3 Å². The number of hydrogen-bond donors (Lipinski definition) is 6. The zero-order valence-electron chi connectivity index (χ0n) is 9.74. The molecule has 6 N–H and O–H groups in total. The van der Waals surface area contributed by atoms with E-state index in [4.69, 9.17) is 33.9 Å². The van der Waals surface area contributed by atoms with Gasteiger partial charge >= 0.3 is 82.6 Å². The monoisotopic (exact) mass is 400 g/mol. The minimum absolute atomic E-state index is 0.